The molecule has 4 aromatic rings. The monoisotopic (exact) mass is 1530 g/mol. The number of allylic oxidation sites excluding steroid dienone is 7. The van der Waals surface area contributed by atoms with Crippen LogP contribution in [0.5, 0.6) is 5.75 Å². The number of unbranched alkanes of at least 4 members (excludes halogenated alkanes) is 2. The van der Waals surface area contributed by atoms with Gasteiger partial charge in [-0.3, -0.25) is 32.8 Å². The van der Waals surface area contributed by atoms with E-state index in [1.54, 1.807) is 30.3 Å². The van der Waals surface area contributed by atoms with E-state index in [1.807, 2.05) is 85.1 Å². The van der Waals surface area contributed by atoms with Crippen LogP contribution < -0.4 is 25.6 Å². The molecule has 106 heavy (non-hydrogen) atoms. The van der Waals surface area contributed by atoms with Crippen LogP contribution in [-0.4, -0.2) is 209 Å². The Balaban J connectivity index is 1.05. The molecule has 0 saturated heterocycles. The maximum Gasteiger partial charge on any atom is 0.326 e. The molecule has 32 heteroatoms. The molecule has 578 valence electrons. The lowest BCUT2D eigenvalue weighted by atomic mass is 9.81. The van der Waals surface area contributed by atoms with E-state index in [2.05, 4.69) is 50.4 Å². The number of aliphatic carboxylic acids is 3. The van der Waals surface area contributed by atoms with E-state index in [9.17, 15) is 82.7 Å². The van der Waals surface area contributed by atoms with E-state index in [0.29, 0.717) is 105 Å². The van der Waals surface area contributed by atoms with Gasteiger partial charge in [-0.05, 0) is 157 Å². The molecule has 2 aliphatic heterocycles. The van der Waals surface area contributed by atoms with E-state index < -0.39 is 94.8 Å². The largest absolute Gasteiger partial charge is 0.481 e. The van der Waals surface area contributed by atoms with Crippen molar-refractivity contribution in [3.05, 3.63) is 149 Å². The zero-order valence-electron chi connectivity index (χ0n) is 60.8. The lowest BCUT2D eigenvalue weighted by molar-refractivity contribution is -0.438. The van der Waals surface area contributed by atoms with Gasteiger partial charge in [-0.25, -0.2) is 19.4 Å². The molecule has 7 rings (SSSR count). The summed E-state index contributed by atoms with van der Waals surface area (Å²) in [6.07, 6.45) is 14.1. The number of urea groups is 1. The first-order chi connectivity index (χ1) is 49.9. The smallest absolute Gasteiger partial charge is 0.326 e. The van der Waals surface area contributed by atoms with Crippen molar-refractivity contribution in [2.75, 3.05) is 76.3 Å². The highest BCUT2D eigenvalue weighted by Crippen LogP contribution is 2.49. The van der Waals surface area contributed by atoms with Gasteiger partial charge in [0.15, 0.2) is 5.71 Å². The number of ether oxygens (including phenoxy) is 1. The molecule has 3 aromatic carbocycles. The third kappa shape index (κ3) is 25.5. The predicted octanol–water partition coefficient (Wildman–Crippen LogP) is 7.98. The lowest BCUT2D eigenvalue weighted by Crippen LogP contribution is -2.46. The van der Waals surface area contributed by atoms with Crippen molar-refractivity contribution in [3.63, 3.8) is 0 Å². The maximum absolute atomic E-state index is 14.2. The molecule has 3 atom stereocenters. The van der Waals surface area contributed by atoms with Crippen LogP contribution in [0.2, 0.25) is 0 Å². The Morgan fingerprint density at radius 1 is 0.698 bits per heavy atom. The third-order valence-electron chi connectivity index (χ3n) is 19.3. The highest BCUT2D eigenvalue weighted by atomic mass is 32.2. The SMILES string of the molecule is CN(CCCC(=O)CC[C@H](NC(=O)NCCCC(=O)O)C(=O)O)CCN(C)CCC(=O)C[C@@H](Cc1cnc[nH]1)C(=O)N[C@@H](Cc1ccc(OC2=C(/C=C/C3=[N+](CCCCS(=O)(=O)O)c4ccccc4C3(C)C)CCC/C2=C\C=C2\N(CCCCS(=O)(=O)O)c3ccc(S(=O)(=O)O)cc3C2(C)C)cc1)C(=O)O. The number of Topliss-reactive ketones (excluding diaryl/α,β-unsaturated/α-hetero) is 2. The van der Waals surface area contributed by atoms with Gasteiger partial charge in [-0.15, -0.1) is 0 Å². The summed E-state index contributed by atoms with van der Waals surface area (Å²) in [5, 5.41) is 36.3. The number of hydrogen-bond donors (Lipinski definition) is 10. The standard InChI is InChI=1S/C74H99N9O20S3/c1-73(2)59-19-7-8-20-63(59)82(37-9-11-42-104(94,95)96)65(73)32-24-51-16-13-17-52(25-33-66-74(3,4)60-47-58(106(100,101)102)29-31-64(60)83(66)38-10-12-43-105(97,98)99)68(51)103-57-27-22-50(23-28-57)44-62(71(91)92)78-69(88)53(45-54-48-75-49-77-54)46-56(85)34-39-81(6)41-40-80(5)36-15-18-55(84)26-30-61(70(89)90)79-72(93)76-35-14-21-67(86)87/h7-8,19-20,22-25,27-29,31-33,47-49,53,61-62H,9-18,21,26,30,34-46H2,1-6H3,(H9-,75,76,77,78,79,86,87,88,89,90,91,92,93,94,95,96,97,98,99,100,101,102)/p+1/t53-,61+,62+/m1/s1. The highest BCUT2D eigenvalue weighted by Gasteiger charge is 2.45. The van der Waals surface area contributed by atoms with Crippen molar-refractivity contribution in [1.29, 1.82) is 0 Å². The Labute approximate surface area is 619 Å². The maximum atomic E-state index is 14.2. The van der Waals surface area contributed by atoms with Crippen molar-refractivity contribution in [2.45, 2.75) is 165 Å². The van der Waals surface area contributed by atoms with Crippen molar-refractivity contribution >= 4 is 88.9 Å². The molecule has 0 fully saturated rings. The number of aromatic amines is 1. The number of para-hydroxylation sites is 1. The zero-order valence-corrected chi connectivity index (χ0v) is 63.2. The van der Waals surface area contributed by atoms with Gasteiger partial charge in [-0.2, -0.15) is 29.8 Å². The molecule has 0 spiro atoms. The van der Waals surface area contributed by atoms with E-state index in [1.165, 1.54) is 24.7 Å². The second-order valence-corrected chi connectivity index (χ2v) is 32.8. The van der Waals surface area contributed by atoms with E-state index in [4.69, 9.17) is 9.84 Å². The Kier molecular flexibility index (Phi) is 30.4. The van der Waals surface area contributed by atoms with Crippen LogP contribution in [0, 0.1) is 5.92 Å². The summed E-state index contributed by atoms with van der Waals surface area (Å²) in [7, 11) is -9.32. The van der Waals surface area contributed by atoms with Crippen LogP contribution >= 0.6 is 0 Å². The number of carbonyl (C=O) groups is 7. The van der Waals surface area contributed by atoms with Crippen LogP contribution in [-0.2, 0) is 82.8 Å². The Morgan fingerprint density at radius 2 is 1.38 bits per heavy atom. The molecule has 3 aliphatic rings. The number of carboxylic acid groups (broad SMARTS) is 3. The van der Waals surface area contributed by atoms with Crippen molar-refractivity contribution in [1.82, 2.24) is 35.7 Å². The number of carbonyl (C=O) groups excluding carboxylic acids is 4. The first-order valence-electron chi connectivity index (χ1n) is 35.4. The molecule has 3 heterocycles. The number of amides is 3. The molecule has 0 bridgehead atoms. The predicted molar refractivity (Wildman–Crippen MR) is 397 cm³/mol. The molecule has 0 unspecified atom stereocenters. The molecule has 1 aromatic heterocycles. The number of nitrogens with zero attached hydrogens (tertiary/aromatic N) is 5. The number of aromatic nitrogens is 2. The number of fused-ring (bicyclic) bond motifs is 2. The second kappa shape index (κ2) is 38.2. The van der Waals surface area contributed by atoms with Crippen LogP contribution in [0.25, 0.3) is 0 Å². The number of nitrogens with one attached hydrogen (secondary N) is 4. The minimum atomic E-state index is -4.61. The number of likely N-dealkylation sites (N-methyl/N-ethyl adjacent to an activating group) is 2. The fourth-order valence-corrected chi connectivity index (χ4v) is 15.0. The first-order valence-corrected chi connectivity index (χ1v) is 40.1. The fourth-order valence-electron chi connectivity index (χ4n) is 13.4. The van der Waals surface area contributed by atoms with E-state index >= 15 is 0 Å². The number of ketones is 2. The Bertz CT molecular complexity index is 4340. The van der Waals surface area contributed by atoms with Gasteiger partial charge >= 0.3 is 23.9 Å². The number of hydrogen-bond acceptors (Lipinski definition) is 18. The summed E-state index contributed by atoms with van der Waals surface area (Å²) >= 11 is 0. The minimum Gasteiger partial charge on any atom is -0.481 e. The van der Waals surface area contributed by atoms with Gasteiger partial charge in [0.1, 0.15) is 41.7 Å². The third-order valence-corrected chi connectivity index (χ3v) is 21.7. The van der Waals surface area contributed by atoms with Crippen molar-refractivity contribution in [3.8, 4) is 5.75 Å². The topological polar surface area (TPSA) is 430 Å². The number of benzene rings is 3. The average Bonchev–Trinajstić information content (AvgIpc) is 1.58. The zero-order chi connectivity index (χ0) is 77.7. The average molecular weight is 1530 g/mol. The number of H-pyrrole nitrogens is 1. The van der Waals surface area contributed by atoms with Gasteiger partial charge < -0.3 is 55.7 Å². The number of rotatable bonds is 44. The van der Waals surface area contributed by atoms with Gasteiger partial charge in [0.2, 0.25) is 11.6 Å². The van der Waals surface area contributed by atoms with Gasteiger partial charge in [0.25, 0.3) is 30.4 Å². The van der Waals surface area contributed by atoms with Crippen LogP contribution in [0.3, 0.4) is 0 Å². The van der Waals surface area contributed by atoms with Crippen molar-refractivity contribution < 1.29 is 97.1 Å². The molecule has 29 nitrogen and oxygen atoms in total. The second-order valence-electron chi connectivity index (χ2n) is 28.3. The Hall–Kier alpha value is -8.76. The molecule has 0 radical (unpaired) electrons. The van der Waals surface area contributed by atoms with Crippen LogP contribution in [0.1, 0.15) is 146 Å². The minimum absolute atomic E-state index is 0.0394. The number of imidazole rings is 1. The molecular weight excluding hydrogens is 1430 g/mol. The number of anilines is 1. The quantitative estimate of drug-likeness (QED) is 0.0114. The summed E-state index contributed by atoms with van der Waals surface area (Å²) in [6, 6.07) is 15.6. The Morgan fingerprint density at radius 3 is 2.03 bits per heavy atom. The molecule has 10 N–H and O–H groups in total. The van der Waals surface area contributed by atoms with Crippen LogP contribution in [0.15, 0.2) is 131 Å². The van der Waals surface area contributed by atoms with Gasteiger partial charge in [0.05, 0.1) is 34.1 Å². The number of carboxylic acids is 3. The van der Waals surface area contributed by atoms with E-state index in [-0.39, 0.29) is 106 Å². The fraction of sp³-hybridized carbons (Fsp3) is 0.500. The molecule has 3 amide bonds. The van der Waals surface area contributed by atoms with Crippen molar-refractivity contribution in [2.24, 2.45) is 5.92 Å². The summed E-state index contributed by atoms with van der Waals surface area (Å²) in [6.45, 7) is 10.8. The summed E-state index contributed by atoms with van der Waals surface area (Å²) < 4.78 is 110. The molecule has 0 saturated carbocycles. The summed E-state index contributed by atoms with van der Waals surface area (Å²) in [5.74, 6) is -5.61. The lowest BCUT2D eigenvalue weighted by Gasteiger charge is -2.27. The van der Waals surface area contributed by atoms with E-state index in [0.717, 1.165) is 33.8 Å². The summed E-state index contributed by atoms with van der Waals surface area (Å²) in [4.78, 5) is 101. The molecule has 1 aliphatic carbocycles. The van der Waals surface area contributed by atoms with Gasteiger partial charge in [0, 0.05) is 130 Å². The normalized spacial score (nSPS) is 16.7. The first kappa shape index (κ1) is 84.5. The highest BCUT2D eigenvalue weighted by molar-refractivity contribution is 7.86. The summed E-state index contributed by atoms with van der Waals surface area (Å²) in [5.41, 5.74) is 6.18. The molecular formula is C74H100N9O20S3+. The van der Waals surface area contributed by atoms with Gasteiger partial charge in [-0.1, -0.05) is 50.3 Å². The van der Waals surface area contributed by atoms with Crippen LogP contribution in [0.4, 0.5) is 16.2 Å².